The lowest BCUT2D eigenvalue weighted by atomic mass is 10.0. The molecule has 0 bridgehead atoms. The van der Waals surface area contributed by atoms with Gasteiger partial charge in [-0.25, -0.2) is 0 Å². The van der Waals surface area contributed by atoms with Gasteiger partial charge in [0.15, 0.2) is 0 Å². The third kappa shape index (κ3) is 6.95. The molecule has 1 aromatic carbocycles. The molecule has 0 aliphatic rings. The summed E-state index contributed by atoms with van der Waals surface area (Å²) >= 11 is 0. The summed E-state index contributed by atoms with van der Waals surface area (Å²) in [7, 11) is 0. The molecule has 0 amide bonds. The second kappa shape index (κ2) is 9.82. The van der Waals surface area contributed by atoms with E-state index in [1.807, 2.05) is 19.1 Å². The van der Waals surface area contributed by atoms with Crippen LogP contribution in [-0.4, -0.2) is 17.8 Å². The molecule has 20 heavy (non-hydrogen) atoms. The fraction of sp³-hybridized carbons (Fsp3) is 0.667. The summed E-state index contributed by atoms with van der Waals surface area (Å²) in [4.78, 5) is 0. The quantitative estimate of drug-likeness (QED) is 0.678. The zero-order chi connectivity index (χ0) is 14.8. The van der Waals surface area contributed by atoms with Crippen molar-refractivity contribution >= 4 is 0 Å². The van der Waals surface area contributed by atoms with Crippen LogP contribution in [0.1, 0.15) is 58.4 Å². The predicted molar refractivity (Wildman–Crippen MR) is 85.2 cm³/mol. The first-order valence-corrected chi connectivity index (χ1v) is 8.05. The number of hydrogen-bond acceptors (Lipinski definition) is 2. The van der Waals surface area contributed by atoms with E-state index >= 15 is 0 Å². The van der Waals surface area contributed by atoms with Crippen LogP contribution in [0.3, 0.4) is 0 Å². The molecule has 114 valence electrons. The van der Waals surface area contributed by atoms with Gasteiger partial charge in [-0.15, -0.1) is 0 Å². The summed E-state index contributed by atoms with van der Waals surface area (Å²) in [6.07, 6.45) is 6.51. The van der Waals surface area contributed by atoms with E-state index in [9.17, 15) is 5.11 Å². The van der Waals surface area contributed by atoms with Gasteiger partial charge in [0.25, 0.3) is 0 Å². The minimum Gasteiger partial charge on any atom is -0.493 e. The maximum Gasteiger partial charge on any atom is 0.119 e. The first-order valence-electron chi connectivity index (χ1n) is 8.05. The van der Waals surface area contributed by atoms with Gasteiger partial charge in [0, 0.05) is 0 Å². The lowest BCUT2D eigenvalue weighted by Gasteiger charge is -2.15. The minimum atomic E-state index is -0.227. The summed E-state index contributed by atoms with van der Waals surface area (Å²) in [5.74, 6) is 1.63. The van der Waals surface area contributed by atoms with Crippen molar-refractivity contribution in [3.8, 4) is 5.75 Å². The summed E-state index contributed by atoms with van der Waals surface area (Å²) in [6.45, 7) is 7.13. The summed E-state index contributed by atoms with van der Waals surface area (Å²) in [6, 6.07) is 8.29. The van der Waals surface area contributed by atoms with Gasteiger partial charge in [-0.3, -0.25) is 0 Å². The highest BCUT2D eigenvalue weighted by atomic mass is 16.5. The van der Waals surface area contributed by atoms with Crippen LogP contribution in [0, 0.1) is 5.92 Å². The van der Waals surface area contributed by atoms with Crippen molar-refractivity contribution in [3.63, 3.8) is 0 Å². The average Bonchev–Trinajstić information content (AvgIpc) is 2.46. The van der Waals surface area contributed by atoms with Crippen molar-refractivity contribution in [2.75, 3.05) is 6.61 Å². The Morgan fingerprint density at radius 1 is 1.10 bits per heavy atom. The van der Waals surface area contributed by atoms with Crippen LogP contribution in [0.2, 0.25) is 0 Å². The van der Waals surface area contributed by atoms with Crippen molar-refractivity contribution < 1.29 is 9.84 Å². The Kier molecular flexibility index (Phi) is 8.36. The Morgan fingerprint density at radius 3 is 2.35 bits per heavy atom. The fourth-order valence-corrected chi connectivity index (χ4v) is 2.24. The van der Waals surface area contributed by atoms with E-state index in [-0.39, 0.29) is 6.10 Å². The summed E-state index contributed by atoms with van der Waals surface area (Å²) < 4.78 is 5.89. The molecular formula is C18H30O2. The highest BCUT2D eigenvalue weighted by Crippen LogP contribution is 2.18. The number of ether oxygens (including phenoxy) is 1. The number of unbranched alkanes of at least 4 members (excludes halogenated alkanes) is 1. The Labute approximate surface area is 124 Å². The largest absolute Gasteiger partial charge is 0.493 e. The Hall–Kier alpha value is -1.02. The van der Waals surface area contributed by atoms with E-state index in [1.165, 1.54) is 31.2 Å². The van der Waals surface area contributed by atoms with Gasteiger partial charge in [0.1, 0.15) is 5.75 Å². The van der Waals surface area contributed by atoms with Gasteiger partial charge in [-0.1, -0.05) is 45.2 Å². The Balaban J connectivity index is 2.36. The summed E-state index contributed by atoms with van der Waals surface area (Å²) in [5.41, 5.74) is 1.26. The van der Waals surface area contributed by atoms with Crippen LogP contribution in [-0.2, 0) is 6.42 Å². The number of hydrogen-bond donors (Lipinski definition) is 1. The Morgan fingerprint density at radius 2 is 1.80 bits per heavy atom. The molecule has 0 fully saturated rings. The summed E-state index contributed by atoms with van der Waals surface area (Å²) in [5, 5.41) is 9.29. The highest BCUT2D eigenvalue weighted by molar-refractivity contribution is 5.27. The van der Waals surface area contributed by atoms with Gasteiger partial charge in [0.2, 0.25) is 0 Å². The molecule has 0 heterocycles. The molecule has 1 N–H and O–H groups in total. The van der Waals surface area contributed by atoms with Crippen LogP contribution in [0.5, 0.6) is 5.75 Å². The van der Waals surface area contributed by atoms with Crippen molar-refractivity contribution in [2.45, 2.75) is 65.4 Å². The highest BCUT2D eigenvalue weighted by Gasteiger charge is 2.07. The van der Waals surface area contributed by atoms with Gasteiger partial charge < -0.3 is 9.84 Å². The first kappa shape index (κ1) is 17.0. The normalized spacial score (nSPS) is 14.0. The van der Waals surface area contributed by atoms with Crippen molar-refractivity contribution in [1.29, 1.82) is 0 Å². The number of aliphatic hydroxyl groups is 1. The minimum absolute atomic E-state index is 0.227. The van der Waals surface area contributed by atoms with E-state index in [0.29, 0.717) is 5.92 Å². The van der Waals surface area contributed by atoms with Crippen molar-refractivity contribution in [2.24, 2.45) is 5.92 Å². The maximum atomic E-state index is 9.29. The number of aryl methyl sites for hydroxylation is 1. The standard InChI is InChI=1S/C18H30O2/c1-4-6-7-16(5-2)14-20-18-12-10-17(11-13-18)9-8-15(3)19/h10-13,15-16,19H,4-9,14H2,1-3H3. The molecule has 1 aromatic rings. The van der Waals surface area contributed by atoms with Gasteiger partial charge in [-0.2, -0.15) is 0 Å². The SMILES string of the molecule is CCCCC(CC)COc1ccc(CCC(C)O)cc1. The third-order valence-electron chi connectivity index (χ3n) is 3.80. The average molecular weight is 278 g/mol. The zero-order valence-corrected chi connectivity index (χ0v) is 13.3. The maximum absolute atomic E-state index is 9.29. The van der Waals surface area contributed by atoms with E-state index in [0.717, 1.165) is 25.2 Å². The predicted octanol–water partition coefficient (Wildman–Crippen LogP) is 4.60. The third-order valence-corrected chi connectivity index (χ3v) is 3.80. The second-order valence-electron chi connectivity index (χ2n) is 5.76. The smallest absolute Gasteiger partial charge is 0.119 e. The molecule has 0 radical (unpaired) electrons. The first-order chi connectivity index (χ1) is 9.65. The molecule has 2 heteroatoms. The van der Waals surface area contributed by atoms with E-state index in [2.05, 4.69) is 26.0 Å². The fourth-order valence-electron chi connectivity index (χ4n) is 2.24. The van der Waals surface area contributed by atoms with Crippen molar-refractivity contribution in [3.05, 3.63) is 29.8 Å². The van der Waals surface area contributed by atoms with Crippen LogP contribution >= 0.6 is 0 Å². The Bertz CT molecular complexity index is 343. The number of benzene rings is 1. The zero-order valence-electron chi connectivity index (χ0n) is 13.3. The number of aliphatic hydroxyl groups excluding tert-OH is 1. The molecule has 1 rings (SSSR count). The molecule has 2 nitrogen and oxygen atoms in total. The molecule has 0 spiro atoms. The van der Waals surface area contributed by atoms with Crippen molar-refractivity contribution in [1.82, 2.24) is 0 Å². The molecule has 0 aliphatic heterocycles. The molecule has 2 unspecified atom stereocenters. The molecule has 2 atom stereocenters. The lowest BCUT2D eigenvalue weighted by Crippen LogP contribution is -2.11. The van der Waals surface area contributed by atoms with Gasteiger partial charge in [-0.05, 0) is 49.8 Å². The topological polar surface area (TPSA) is 29.5 Å². The van der Waals surface area contributed by atoms with Gasteiger partial charge >= 0.3 is 0 Å². The molecular weight excluding hydrogens is 248 g/mol. The molecule has 0 aliphatic carbocycles. The number of rotatable bonds is 10. The van der Waals surface area contributed by atoms with Crippen LogP contribution in [0.25, 0.3) is 0 Å². The van der Waals surface area contributed by atoms with E-state index < -0.39 is 0 Å². The lowest BCUT2D eigenvalue weighted by molar-refractivity contribution is 0.185. The van der Waals surface area contributed by atoms with Gasteiger partial charge in [0.05, 0.1) is 12.7 Å². The monoisotopic (exact) mass is 278 g/mol. The molecule has 0 aromatic heterocycles. The van der Waals surface area contributed by atoms with Crippen LogP contribution in [0.4, 0.5) is 0 Å². The van der Waals surface area contributed by atoms with Crippen LogP contribution < -0.4 is 4.74 Å². The van der Waals surface area contributed by atoms with E-state index in [1.54, 1.807) is 0 Å². The molecule has 0 saturated heterocycles. The molecule has 0 saturated carbocycles. The second-order valence-corrected chi connectivity index (χ2v) is 5.76. The van der Waals surface area contributed by atoms with Crippen LogP contribution in [0.15, 0.2) is 24.3 Å². The van der Waals surface area contributed by atoms with E-state index in [4.69, 9.17) is 4.74 Å².